The maximum Gasteiger partial charge on any atom is 0 e. The first-order chi connectivity index (χ1) is 21.0. The van der Waals surface area contributed by atoms with Gasteiger partial charge in [0, 0.05) is 17.1 Å². The third-order valence-electron chi connectivity index (χ3n) is 7.52. The van der Waals surface area contributed by atoms with Crippen molar-refractivity contribution in [3.8, 4) is 0 Å². The van der Waals surface area contributed by atoms with E-state index in [0.717, 1.165) is 11.3 Å². The fourth-order valence-electron chi connectivity index (χ4n) is 5.82. The van der Waals surface area contributed by atoms with Crippen molar-refractivity contribution in [3.63, 3.8) is 0 Å². The monoisotopic (exact) mass is 798 g/mol. The SMILES string of the molecule is CC(C)=O.[Cl][Pd][Cl].[Fe].c1ccc(P(c2ccccc2)C2CCCC2)cc1.c1ccc(P(c2ccccc2)C2CCCC2)cc1. The van der Waals surface area contributed by atoms with Gasteiger partial charge in [0.2, 0.25) is 0 Å². The van der Waals surface area contributed by atoms with Crippen LogP contribution in [0.4, 0.5) is 0 Å². The van der Waals surface area contributed by atoms with Crippen LogP contribution in [0.25, 0.3) is 0 Å². The fraction of sp³-hybridized carbons (Fsp3) is 0.324. The first-order valence-corrected chi connectivity index (χ1v) is 22.0. The van der Waals surface area contributed by atoms with Gasteiger partial charge in [0.15, 0.2) is 0 Å². The Labute approximate surface area is 295 Å². The Hall–Kier alpha value is -0.828. The van der Waals surface area contributed by atoms with Crippen LogP contribution in [0.15, 0.2) is 121 Å². The molecule has 0 amide bonds. The molecule has 0 aromatic heterocycles. The van der Waals surface area contributed by atoms with Gasteiger partial charge in [-0.05, 0) is 87.9 Å². The molecule has 0 spiro atoms. The molecule has 44 heavy (non-hydrogen) atoms. The molecule has 4 aromatic carbocycles. The van der Waals surface area contributed by atoms with E-state index in [1.54, 1.807) is 21.2 Å². The molecule has 0 bridgehead atoms. The van der Waals surface area contributed by atoms with Crippen molar-refractivity contribution < 1.29 is 37.8 Å². The molecule has 0 unspecified atom stereocenters. The maximum atomic E-state index is 9.44. The standard InChI is InChI=1S/2C17H19P.C3H6O.2ClH.Fe.Pd/c2*1-3-9-15(10-4-1)18(17-13-7-8-14-17)16-11-5-2-6-12-16;1-3(2)4;;;;/h2*1-6,9-12,17H,7-8,13-14H2;1-2H3;2*1H;;/q;;;;;;+2/p-2. The van der Waals surface area contributed by atoms with Gasteiger partial charge in [0.25, 0.3) is 0 Å². The Morgan fingerprint density at radius 1 is 0.523 bits per heavy atom. The molecule has 0 atom stereocenters. The second-order valence-electron chi connectivity index (χ2n) is 10.9. The quantitative estimate of drug-likeness (QED) is 0.140. The van der Waals surface area contributed by atoms with Crippen LogP contribution in [0.2, 0.25) is 0 Å². The van der Waals surface area contributed by atoms with Crippen LogP contribution in [-0.4, -0.2) is 17.1 Å². The summed E-state index contributed by atoms with van der Waals surface area (Å²) < 4.78 is 0. The molecule has 1 nitrogen and oxygen atoms in total. The Morgan fingerprint density at radius 3 is 0.886 bits per heavy atom. The minimum absolute atomic E-state index is 0. The molecule has 7 heteroatoms. The third-order valence-corrected chi connectivity index (χ3v) is 13.4. The van der Waals surface area contributed by atoms with Crippen LogP contribution in [0.1, 0.15) is 65.2 Å². The number of hydrogen-bond acceptors (Lipinski definition) is 1. The molecule has 0 aliphatic heterocycles. The van der Waals surface area contributed by atoms with Gasteiger partial charge in [0.05, 0.1) is 0 Å². The first kappa shape index (κ1) is 39.4. The summed E-state index contributed by atoms with van der Waals surface area (Å²) in [7, 11) is 9.32. The molecule has 2 aliphatic carbocycles. The van der Waals surface area contributed by atoms with Crippen LogP contribution in [0, 0.1) is 0 Å². The average Bonchev–Trinajstić information content (AvgIpc) is 3.76. The number of benzene rings is 4. The van der Waals surface area contributed by atoms with E-state index < -0.39 is 0 Å². The minimum atomic E-state index is -0.152. The summed E-state index contributed by atoms with van der Waals surface area (Å²) in [5.41, 5.74) is 1.79. The molecule has 0 radical (unpaired) electrons. The molecule has 6 rings (SSSR count). The van der Waals surface area contributed by atoms with Gasteiger partial charge >= 0.3 is 35.0 Å². The minimum Gasteiger partial charge on any atom is -0.0622 e. The van der Waals surface area contributed by atoms with E-state index in [1.165, 1.54) is 65.2 Å². The molecule has 0 saturated heterocycles. The van der Waals surface area contributed by atoms with Crippen LogP contribution >= 0.6 is 34.9 Å². The third kappa shape index (κ3) is 13.9. The molecular weight excluding hydrogens is 756 g/mol. The number of halogens is 2. The van der Waals surface area contributed by atoms with Crippen molar-refractivity contribution in [3.05, 3.63) is 121 Å². The van der Waals surface area contributed by atoms with Gasteiger partial charge in [0.1, 0.15) is 5.78 Å². The van der Waals surface area contributed by atoms with Crippen LogP contribution < -0.4 is 21.2 Å². The number of rotatable bonds is 6. The Morgan fingerprint density at radius 2 is 0.705 bits per heavy atom. The van der Waals surface area contributed by atoms with Crippen LogP contribution in [0.3, 0.4) is 0 Å². The van der Waals surface area contributed by atoms with Crippen molar-refractivity contribution in [1.29, 1.82) is 0 Å². The molecule has 2 saturated carbocycles. The number of carbonyl (C=O) groups excluding carboxylic acids is 1. The van der Waals surface area contributed by atoms with Gasteiger partial charge in [-0.3, -0.25) is 0 Å². The van der Waals surface area contributed by atoms with Gasteiger partial charge in [-0.15, -0.1) is 0 Å². The Kier molecular flexibility index (Phi) is 21.0. The van der Waals surface area contributed by atoms with Crippen molar-refractivity contribution in [2.24, 2.45) is 0 Å². The van der Waals surface area contributed by atoms with E-state index in [0.29, 0.717) is 0 Å². The molecule has 4 aromatic rings. The van der Waals surface area contributed by atoms with Crippen molar-refractivity contribution in [1.82, 2.24) is 0 Å². The molecule has 0 heterocycles. The molecular formula is C37H44Cl2FeOP2Pd. The zero-order valence-electron chi connectivity index (χ0n) is 25.6. The fourth-order valence-corrected chi connectivity index (χ4v) is 11.8. The number of ketones is 1. The molecule has 2 fully saturated rings. The summed E-state index contributed by atoms with van der Waals surface area (Å²) in [6.07, 6.45) is 11.3. The van der Waals surface area contributed by atoms with Gasteiger partial charge in [-0.25, -0.2) is 0 Å². The maximum absolute atomic E-state index is 9.44. The van der Waals surface area contributed by atoms with Crippen LogP contribution in [0.5, 0.6) is 0 Å². The number of hydrogen-bond donors (Lipinski definition) is 0. The normalized spacial score (nSPS) is 14.4. The summed E-state index contributed by atoms with van der Waals surface area (Å²) in [6, 6.07) is 44.5. The van der Waals surface area contributed by atoms with E-state index >= 15 is 0 Å². The molecule has 240 valence electrons. The van der Waals surface area contributed by atoms with E-state index in [2.05, 4.69) is 121 Å². The predicted molar refractivity (Wildman–Crippen MR) is 191 cm³/mol. The Bertz CT molecular complexity index is 1100. The second-order valence-corrected chi connectivity index (χ2v) is 18.3. The Balaban J connectivity index is 0.000000249. The van der Waals surface area contributed by atoms with Gasteiger partial charge in [-0.1, -0.05) is 147 Å². The first-order valence-electron chi connectivity index (χ1n) is 15.1. The second kappa shape index (κ2) is 23.5. The van der Waals surface area contributed by atoms with E-state index in [4.69, 9.17) is 19.1 Å². The number of carbonyl (C=O) groups is 1. The van der Waals surface area contributed by atoms with Gasteiger partial charge in [-0.2, -0.15) is 0 Å². The summed E-state index contributed by atoms with van der Waals surface area (Å²) >= 11 is -0.106. The van der Waals surface area contributed by atoms with Crippen molar-refractivity contribution in [2.45, 2.75) is 76.5 Å². The van der Waals surface area contributed by atoms with E-state index in [1.807, 2.05) is 0 Å². The molecule has 0 N–H and O–H groups in total. The number of Topliss-reactive ketones (excluding diaryl/α,β-unsaturated/α-hetero) is 1. The van der Waals surface area contributed by atoms with E-state index in [9.17, 15) is 4.79 Å². The smallest absolute Gasteiger partial charge is 0 e. The van der Waals surface area contributed by atoms with E-state index in [-0.39, 0.29) is 54.6 Å². The van der Waals surface area contributed by atoms with Crippen molar-refractivity contribution in [2.75, 3.05) is 0 Å². The predicted octanol–water partition coefficient (Wildman–Crippen LogP) is 10.1. The van der Waals surface area contributed by atoms with Crippen molar-refractivity contribution >= 4 is 61.9 Å². The van der Waals surface area contributed by atoms with Gasteiger partial charge < -0.3 is 4.79 Å². The molecule has 2 aliphatic rings. The zero-order chi connectivity index (χ0) is 30.7. The zero-order valence-corrected chi connectivity index (χ0v) is 31.5. The summed E-state index contributed by atoms with van der Waals surface area (Å²) in [4.78, 5) is 9.44. The summed E-state index contributed by atoms with van der Waals surface area (Å²) in [6.45, 7) is 3.06. The topological polar surface area (TPSA) is 17.1 Å². The van der Waals surface area contributed by atoms with Crippen LogP contribution in [-0.2, 0) is 37.8 Å². The summed E-state index contributed by atoms with van der Waals surface area (Å²) in [5.74, 6) is 0.167. The average molecular weight is 800 g/mol. The largest absolute Gasteiger partial charge is 0.0622 e. The summed E-state index contributed by atoms with van der Waals surface area (Å²) in [5, 5.41) is 6.19.